The first-order chi connectivity index (χ1) is 10.5. The SMILES string of the molecule is O=C(NOCCCC1(O)CNC1)C1CCC2CN1C(=O)N2O.S. The van der Waals surface area contributed by atoms with Gasteiger partial charge in [-0.1, -0.05) is 0 Å². The number of hydrogen-bond donors (Lipinski definition) is 4. The summed E-state index contributed by atoms with van der Waals surface area (Å²) >= 11 is 0. The second kappa shape index (κ2) is 7.22. The Morgan fingerprint density at radius 1 is 1.43 bits per heavy atom. The number of nitrogens with one attached hydrogen (secondary N) is 2. The molecule has 23 heavy (non-hydrogen) atoms. The average molecular weight is 348 g/mol. The van der Waals surface area contributed by atoms with E-state index in [0.717, 1.165) is 0 Å². The zero-order valence-electron chi connectivity index (χ0n) is 12.8. The summed E-state index contributed by atoms with van der Waals surface area (Å²) in [5, 5.41) is 23.2. The molecule has 0 radical (unpaired) electrons. The topological polar surface area (TPSA) is 114 Å². The molecule has 0 aromatic carbocycles. The molecule has 0 aliphatic carbocycles. The van der Waals surface area contributed by atoms with E-state index in [0.29, 0.717) is 57.0 Å². The molecular weight excluding hydrogens is 324 g/mol. The van der Waals surface area contributed by atoms with Crippen molar-refractivity contribution in [3.63, 3.8) is 0 Å². The highest BCUT2D eigenvalue weighted by molar-refractivity contribution is 7.59. The van der Waals surface area contributed by atoms with Gasteiger partial charge in [0, 0.05) is 19.6 Å². The summed E-state index contributed by atoms with van der Waals surface area (Å²) in [6.45, 7) is 1.87. The largest absolute Gasteiger partial charge is 0.387 e. The highest BCUT2D eigenvalue weighted by Crippen LogP contribution is 2.28. The van der Waals surface area contributed by atoms with Gasteiger partial charge in [0.05, 0.1) is 18.2 Å². The van der Waals surface area contributed by atoms with Crippen LogP contribution in [-0.2, 0) is 9.63 Å². The Hall–Kier alpha value is -1.07. The Morgan fingerprint density at radius 2 is 2.17 bits per heavy atom. The second-order valence-electron chi connectivity index (χ2n) is 6.27. The van der Waals surface area contributed by atoms with E-state index in [1.54, 1.807) is 0 Å². The van der Waals surface area contributed by atoms with E-state index >= 15 is 0 Å². The number of nitrogens with zero attached hydrogens (tertiary/aromatic N) is 2. The molecule has 3 amide bonds. The fraction of sp³-hybridized carbons (Fsp3) is 0.846. The fourth-order valence-corrected chi connectivity index (χ4v) is 3.18. The molecule has 3 rings (SSSR count). The highest BCUT2D eigenvalue weighted by atomic mass is 32.1. The smallest absolute Gasteiger partial charge is 0.344 e. The van der Waals surface area contributed by atoms with Crippen LogP contribution in [0.1, 0.15) is 25.7 Å². The number of amides is 3. The lowest BCUT2D eigenvalue weighted by Crippen LogP contribution is -2.59. The quantitative estimate of drug-likeness (QED) is 0.276. The molecule has 0 saturated carbocycles. The van der Waals surface area contributed by atoms with E-state index in [4.69, 9.17) is 4.84 Å². The summed E-state index contributed by atoms with van der Waals surface area (Å²) in [5.74, 6) is -0.369. The van der Waals surface area contributed by atoms with Gasteiger partial charge < -0.3 is 15.3 Å². The predicted molar refractivity (Wildman–Crippen MR) is 84.1 cm³/mol. The molecule has 3 aliphatic rings. The van der Waals surface area contributed by atoms with Crippen LogP contribution in [0.3, 0.4) is 0 Å². The Kier molecular flexibility index (Phi) is 5.74. The third-order valence-corrected chi connectivity index (χ3v) is 4.62. The Morgan fingerprint density at radius 3 is 2.83 bits per heavy atom. The average Bonchev–Trinajstić information content (AvgIpc) is 2.70. The van der Waals surface area contributed by atoms with Crippen molar-refractivity contribution >= 4 is 25.4 Å². The number of fused-ring (bicyclic) bond motifs is 2. The normalized spacial score (nSPS) is 28.2. The van der Waals surface area contributed by atoms with Crippen molar-refractivity contribution in [2.24, 2.45) is 0 Å². The van der Waals surface area contributed by atoms with Crippen LogP contribution in [0.4, 0.5) is 4.79 Å². The summed E-state index contributed by atoms with van der Waals surface area (Å²) in [7, 11) is 0. The first-order valence-electron chi connectivity index (χ1n) is 7.64. The number of piperidine rings is 1. The van der Waals surface area contributed by atoms with Crippen LogP contribution in [0.2, 0.25) is 0 Å². The van der Waals surface area contributed by atoms with Gasteiger partial charge in [-0.2, -0.15) is 13.5 Å². The minimum Gasteiger partial charge on any atom is -0.387 e. The standard InChI is InChI=1S/C13H22N4O5.H2S/c18-11(15-22-5-1-4-13(20)7-14-8-13)10-3-2-9-6-16(10)12(19)17(9)21;/h9-10,14,20-21H,1-8H2,(H,15,18);1H2. The van der Waals surface area contributed by atoms with Gasteiger partial charge in [-0.05, 0) is 25.7 Å². The van der Waals surface area contributed by atoms with Gasteiger partial charge in [0.1, 0.15) is 6.04 Å². The molecule has 9 nitrogen and oxygen atoms in total. The minimum absolute atomic E-state index is 0. The molecule has 2 atom stereocenters. The van der Waals surface area contributed by atoms with Crippen LogP contribution in [0.25, 0.3) is 0 Å². The van der Waals surface area contributed by atoms with Crippen molar-refractivity contribution in [2.75, 3.05) is 26.2 Å². The van der Waals surface area contributed by atoms with Crippen LogP contribution in [0, 0.1) is 0 Å². The molecule has 4 N–H and O–H groups in total. The van der Waals surface area contributed by atoms with Crippen molar-refractivity contribution < 1.29 is 24.7 Å². The van der Waals surface area contributed by atoms with Crippen molar-refractivity contribution in [3.05, 3.63) is 0 Å². The number of hydrogen-bond acceptors (Lipinski definition) is 6. The number of carbonyl (C=O) groups is 2. The van der Waals surface area contributed by atoms with E-state index in [1.807, 2.05) is 0 Å². The summed E-state index contributed by atoms with van der Waals surface area (Å²) in [6, 6.07) is -1.34. The maximum atomic E-state index is 12.1. The van der Waals surface area contributed by atoms with Crippen LogP contribution in [0.5, 0.6) is 0 Å². The van der Waals surface area contributed by atoms with Gasteiger partial charge in [0.25, 0.3) is 5.91 Å². The van der Waals surface area contributed by atoms with E-state index in [-0.39, 0.29) is 25.4 Å². The third-order valence-electron chi connectivity index (χ3n) is 4.62. The minimum atomic E-state index is -0.641. The summed E-state index contributed by atoms with van der Waals surface area (Å²) in [5.41, 5.74) is 1.72. The summed E-state index contributed by atoms with van der Waals surface area (Å²) < 4.78 is 0. The second-order valence-corrected chi connectivity index (χ2v) is 6.27. The van der Waals surface area contributed by atoms with Crippen molar-refractivity contribution in [1.82, 2.24) is 20.8 Å². The number of urea groups is 1. The number of β-amino-alcohol motifs (C(OH)–C–C–N with tert-alkyl or cyclic N) is 1. The maximum absolute atomic E-state index is 12.1. The van der Waals surface area contributed by atoms with Gasteiger partial charge in [0.15, 0.2) is 0 Å². The predicted octanol–water partition coefficient (Wildman–Crippen LogP) is -1.08. The Labute approximate surface area is 141 Å². The lowest BCUT2D eigenvalue weighted by molar-refractivity contribution is -0.139. The molecule has 2 bridgehead atoms. The van der Waals surface area contributed by atoms with Gasteiger partial charge in [-0.3, -0.25) is 14.8 Å². The molecule has 2 unspecified atom stereocenters. The molecule has 3 fully saturated rings. The number of rotatable bonds is 6. The van der Waals surface area contributed by atoms with Crippen molar-refractivity contribution in [3.8, 4) is 0 Å². The van der Waals surface area contributed by atoms with Gasteiger partial charge in [-0.25, -0.2) is 15.3 Å². The van der Waals surface area contributed by atoms with Crippen LogP contribution in [-0.4, -0.2) is 76.1 Å². The van der Waals surface area contributed by atoms with Crippen LogP contribution in [0.15, 0.2) is 0 Å². The molecule has 0 aromatic heterocycles. The summed E-state index contributed by atoms with van der Waals surface area (Å²) in [6.07, 6.45) is 2.36. The van der Waals surface area contributed by atoms with Crippen molar-refractivity contribution in [2.45, 2.75) is 43.4 Å². The highest BCUT2D eigenvalue weighted by Gasteiger charge is 2.46. The number of aliphatic hydroxyl groups is 1. The van der Waals surface area contributed by atoms with E-state index < -0.39 is 17.7 Å². The molecular formula is C13H24N4O5S. The molecule has 0 aromatic rings. The third kappa shape index (κ3) is 3.72. The maximum Gasteiger partial charge on any atom is 0.344 e. The number of hydroxylamine groups is 3. The Balaban J connectivity index is 0.00000192. The van der Waals surface area contributed by atoms with Gasteiger partial charge >= 0.3 is 6.03 Å². The zero-order valence-corrected chi connectivity index (χ0v) is 13.8. The molecule has 132 valence electrons. The molecule has 3 aliphatic heterocycles. The van der Waals surface area contributed by atoms with E-state index in [1.165, 1.54) is 4.90 Å². The Bertz CT molecular complexity index is 462. The van der Waals surface area contributed by atoms with Gasteiger partial charge in [-0.15, -0.1) is 0 Å². The van der Waals surface area contributed by atoms with Crippen molar-refractivity contribution in [1.29, 1.82) is 0 Å². The molecule has 3 heterocycles. The molecule has 3 saturated heterocycles. The van der Waals surface area contributed by atoms with Crippen LogP contribution >= 0.6 is 13.5 Å². The lowest BCUT2D eigenvalue weighted by atomic mass is 9.92. The first kappa shape index (κ1) is 18.3. The van der Waals surface area contributed by atoms with E-state index in [9.17, 15) is 19.9 Å². The number of carbonyl (C=O) groups excluding carboxylic acids is 2. The molecule has 0 spiro atoms. The zero-order chi connectivity index (χ0) is 15.7. The van der Waals surface area contributed by atoms with E-state index in [2.05, 4.69) is 10.8 Å². The lowest BCUT2D eigenvalue weighted by Gasteiger charge is -2.37. The van der Waals surface area contributed by atoms with Crippen LogP contribution < -0.4 is 10.8 Å². The fourth-order valence-electron chi connectivity index (χ4n) is 3.18. The monoisotopic (exact) mass is 348 g/mol. The molecule has 10 heteroatoms. The van der Waals surface area contributed by atoms with Gasteiger partial charge in [0.2, 0.25) is 0 Å². The first-order valence-corrected chi connectivity index (χ1v) is 7.64. The summed E-state index contributed by atoms with van der Waals surface area (Å²) in [4.78, 5) is 30.4.